The van der Waals surface area contributed by atoms with E-state index in [0.29, 0.717) is 5.95 Å². The molecule has 152 valence electrons. The summed E-state index contributed by atoms with van der Waals surface area (Å²) in [5.74, 6) is 0.703. The quantitative estimate of drug-likeness (QED) is 0.291. The Hall–Kier alpha value is -3.98. The van der Waals surface area contributed by atoms with Gasteiger partial charge in [0.05, 0.1) is 11.0 Å². The minimum Gasteiger partial charge on any atom is -0.278 e. The van der Waals surface area contributed by atoms with Gasteiger partial charge in [-0.25, -0.2) is 9.97 Å². The molecule has 0 saturated heterocycles. The van der Waals surface area contributed by atoms with Gasteiger partial charge in [-0.1, -0.05) is 74.5 Å². The van der Waals surface area contributed by atoms with Crippen LogP contribution in [0.15, 0.2) is 91.3 Å². The van der Waals surface area contributed by atoms with Gasteiger partial charge < -0.3 is 0 Å². The van der Waals surface area contributed by atoms with E-state index in [1.165, 1.54) is 43.8 Å². The number of fused-ring (bicyclic) bond motifs is 9. The maximum absolute atomic E-state index is 4.59. The number of nitrogens with zero attached hydrogens (tertiary/aromatic N) is 3. The lowest BCUT2D eigenvalue weighted by Gasteiger charge is -2.21. The molecular weight excluding hydrogens is 390 g/mol. The summed E-state index contributed by atoms with van der Waals surface area (Å²) >= 11 is 0. The topological polar surface area (TPSA) is 30.7 Å². The summed E-state index contributed by atoms with van der Waals surface area (Å²) < 4.78 is 2.20. The average Bonchev–Trinajstić information content (AvgIpc) is 3.29. The number of hydrogen-bond acceptors (Lipinski definition) is 2. The van der Waals surface area contributed by atoms with Gasteiger partial charge in [0.25, 0.3) is 0 Å². The summed E-state index contributed by atoms with van der Waals surface area (Å²) in [7, 11) is 0. The Labute approximate surface area is 186 Å². The third-order valence-corrected chi connectivity index (χ3v) is 7.12. The molecule has 32 heavy (non-hydrogen) atoms. The molecule has 0 spiro atoms. The molecule has 2 aromatic heterocycles. The zero-order valence-corrected chi connectivity index (χ0v) is 18.0. The fourth-order valence-corrected chi connectivity index (χ4v) is 5.67. The van der Waals surface area contributed by atoms with Crippen LogP contribution in [0, 0.1) is 0 Å². The van der Waals surface area contributed by atoms with Crippen LogP contribution in [-0.2, 0) is 5.41 Å². The van der Waals surface area contributed by atoms with E-state index in [1.54, 1.807) is 0 Å². The zero-order valence-electron chi connectivity index (χ0n) is 18.0. The van der Waals surface area contributed by atoms with Crippen LogP contribution in [0.4, 0.5) is 0 Å². The Morgan fingerprint density at radius 2 is 1.31 bits per heavy atom. The summed E-state index contributed by atoms with van der Waals surface area (Å²) in [4.78, 5) is 9.18. The molecule has 2 heterocycles. The van der Waals surface area contributed by atoms with Gasteiger partial charge in [0.2, 0.25) is 5.95 Å². The van der Waals surface area contributed by atoms with Crippen molar-refractivity contribution in [2.45, 2.75) is 19.3 Å². The van der Waals surface area contributed by atoms with Gasteiger partial charge in [-0.3, -0.25) is 4.57 Å². The second kappa shape index (κ2) is 6.04. The van der Waals surface area contributed by atoms with Crippen LogP contribution in [-0.4, -0.2) is 14.5 Å². The molecule has 0 aliphatic heterocycles. The number of para-hydroxylation sites is 1. The van der Waals surface area contributed by atoms with Crippen LogP contribution in [0.1, 0.15) is 25.0 Å². The molecule has 6 aromatic rings. The van der Waals surface area contributed by atoms with Gasteiger partial charge >= 0.3 is 0 Å². The molecule has 0 N–H and O–H groups in total. The van der Waals surface area contributed by atoms with Crippen molar-refractivity contribution in [2.75, 3.05) is 0 Å². The molecule has 0 amide bonds. The van der Waals surface area contributed by atoms with E-state index in [-0.39, 0.29) is 5.41 Å². The molecule has 7 rings (SSSR count). The minimum absolute atomic E-state index is 0.0602. The monoisotopic (exact) mass is 411 g/mol. The van der Waals surface area contributed by atoms with Crippen LogP contribution < -0.4 is 0 Å². The Balaban J connectivity index is 1.74. The number of benzene rings is 4. The first-order valence-electron chi connectivity index (χ1n) is 11.0. The SMILES string of the molecule is CC1(C)c2ccc3ccccc3c2-c2c1ccc1c2c2ccccc2n1-c1ncccn1. The molecule has 0 unspecified atom stereocenters. The van der Waals surface area contributed by atoms with Gasteiger partial charge in [0.1, 0.15) is 0 Å². The molecule has 0 bridgehead atoms. The predicted molar refractivity (Wildman–Crippen MR) is 131 cm³/mol. The van der Waals surface area contributed by atoms with Gasteiger partial charge in [-0.05, 0) is 51.2 Å². The van der Waals surface area contributed by atoms with Crippen molar-refractivity contribution in [3.63, 3.8) is 0 Å². The van der Waals surface area contributed by atoms with E-state index in [9.17, 15) is 0 Å². The minimum atomic E-state index is -0.0602. The zero-order chi connectivity index (χ0) is 21.4. The van der Waals surface area contributed by atoms with Crippen LogP contribution in [0.5, 0.6) is 0 Å². The van der Waals surface area contributed by atoms with Crippen LogP contribution in [0.3, 0.4) is 0 Å². The number of rotatable bonds is 1. The standard InChI is InChI=1S/C29H21N3/c1-29(2)21-13-12-18-8-3-4-9-19(18)25(21)27-22(29)14-15-24-26(27)20-10-5-6-11-23(20)32(24)28-30-16-7-17-31-28/h3-17H,1-2H3. The molecule has 3 heteroatoms. The molecule has 4 aromatic carbocycles. The lowest BCUT2D eigenvalue weighted by atomic mass is 9.82. The summed E-state index contributed by atoms with van der Waals surface area (Å²) in [6, 6.07) is 28.4. The van der Waals surface area contributed by atoms with Crippen molar-refractivity contribution < 1.29 is 0 Å². The molecule has 1 aliphatic rings. The molecule has 0 saturated carbocycles. The molecular formula is C29H21N3. The van der Waals surface area contributed by atoms with Crippen LogP contribution in [0.25, 0.3) is 49.7 Å². The van der Waals surface area contributed by atoms with Crippen LogP contribution >= 0.6 is 0 Å². The number of hydrogen-bond donors (Lipinski definition) is 0. The lowest BCUT2D eigenvalue weighted by Crippen LogP contribution is -2.14. The van der Waals surface area contributed by atoms with Gasteiger partial charge in [0.15, 0.2) is 0 Å². The molecule has 0 atom stereocenters. The van der Waals surface area contributed by atoms with E-state index in [0.717, 1.165) is 11.0 Å². The van der Waals surface area contributed by atoms with Crippen molar-refractivity contribution in [3.05, 3.63) is 102 Å². The van der Waals surface area contributed by atoms with Gasteiger partial charge in [-0.2, -0.15) is 0 Å². The Morgan fingerprint density at radius 1 is 0.625 bits per heavy atom. The van der Waals surface area contributed by atoms with Crippen LogP contribution in [0.2, 0.25) is 0 Å². The maximum Gasteiger partial charge on any atom is 0.234 e. The van der Waals surface area contributed by atoms with Crippen molar-refractivity contribution in [3.8, 4) is 17.1 Å². The van der Waals surface area contributed by atoms with Gasteiger partial charge in [-0.15, -0.1) is 0 Å². The first-order chi connectivity index (χ1) is 15.7. The highest BCUT2D eigenvalue weighted by molar-refractivity contribution is 6.20. The summed E-state index contributed by atoms with van der Waals surface area (Å²) in [5.41, 5.74) is 7.71. The molecule has 0 fully saturated rings. The van der Waals surface area contributed by atoms with Crippen molar-refractivity contribution in [1.29, 1.82) is 0 Å². The van der Waals surface area contributed by atoms with E-state index >= 15 is 0 Å². The van der Waals surface area contributed by atoms with Gasteiger partial charge in [0, 0.05) is 28.6 Å². The highest BCUT2D eigenvalue weighted by Gasteiger charge is 2.38. The highest BCUT2D eigenvalue weighted by atomic mass is 15.1. The second-order valence-electron chi connectivity index (χ2n) is 9.12. The summed E-state index contributed by atoms with van der Waals surface area (Å²) in [6.45, 7) is 4.69. The highest BCUT2D eigenvalue weighted by Crippen LogP contribution is 2.55. The normalized spacial score (nSPS) is 14.2. The van der Waals surface area contributed by atoms with E-state index in [4.69, 9.17) is 0 Å². The first-order valence-corrected chi connectivity index (χ1v) is 11.0. The predicted octanol–water partition coefficient (Wildman–Crippen LogP) is 7.03. The molecule has 0 radical (unpaired) electrons. The van der Waals surface area contributed by atoms with Crippen molar-refractivity contribution in [2.24, 2.45) is 0 Å². The Kier molecular flexibility index (Phi) is 3.34. The largest absolute Gasteiger partial charge is 0.278 e. The third-order valence-electron chi connectivity index (χ3n) is 7.12. The second-order valence-corrected chi connectivity index (χ2v) is 9.12. The Morgan fingerprint density at radius 3 is 2.16 bits per heavy atom. The van der Waals surface area contributed by atoms with E-state index in [1.807, 2.05) is 18.5 Å². The fraction of sp³-hybridized carbons (Fsp3) is 0.103. The number of aromatic nitrogens is 3. The third kappa shape index (κ3) is 2.10. The Bertz CT molecular complexity index is 1690. The van der Waals surface area contributed by atoms with Crippen molar-refractivity contribution >= 4 is 32.6 Å². The van der Waals surface area contributed by atoms with E-state index < -0.39 is 0 Å². The van der Waals surface area contributed by atoms with E-state index in [2.05, 4.69) is 101 Å². The first kappa shape index (κ1) is 17.7. The molecule has 1 aliphatic carbocycles. The summed E-state index contributed by atoms with van der Waals surface area (Å²) in [6.07, 6.45) is 3.62. The fourth-order valence-electron chi connectivity index (χ4n) is 5.67. The van der Waals surface area contributed by atoms with Crippen molar-refractivity contribution in [1.82, 2.24) is 14.5 Å². The summed E-state index contributed by atoms with van der Waals surface area (Å²) in [5, 5.41) is 5.12. The maximum atomic E-state index is 4.59. The molecule has 3 nitrogen and oxygen atoms in total. The smallest absolute Gasteiger partial charge is 0.234 e. The average molecular weight is 412 g/mol. The lowest BCUT2D eigenvalue weighted by molar-refractivity contribution is 0.661.